The molecule has 0 bridgehead atoms. The maximum absolute atomic E-state index is 13.7. The molecule has 6 rings (SSSR count). The molecule has 5 aromatic rings. The number of carbonyl (C=O) groups excluding carboxylic acids is 2. The van der Waals surface area contributed by atoms with Crippen LogP contribution < -0.4 is 26.4 Å². The van der Waals surface area contributed by atoms with Crippen molar-refractivity contribution in [2.24, 2.45) is 0 Å². The maximum Gasteiger partial charge on any atom is 0.419 e. The van der Waals surface area contributed by atoms with Gasteiger partial charge in [0.25, 0.3) is 0 Å². The summed E-state index contributed by atoms with van der Waals surface area (Å²) in [5, 5.41) is 17.7. The maximum atomic E-state index is 13.7. The third kappa shape index (κ3) is 8.52. The first kappa shape index (κ1) is 35.5. The Kier molecular flexibility index (Phi) is 11.0. The van der Waals surface area contributed by atoms with E-state index in [4.69, 9.17) is 19.0 Å². The molecule has 52 heavy (non-hydrogen) atoms. The Hall–Kier alpha value is -6.30. The Balaban J connectivity index is 1.18. The van der Waals surface area contributed by atoms with Crippen LogP contribution in [0.4, 0.5) is 21.0 Å². The number of ether oxygens (including phenoxy) is 2. The van der Waals surface area contributed by atoms with Crippen LogP contribution in [0.5, 0.6) is 5.75 Å². The molecule has 0 radical (unpaired) electrons. The zero-order valence-corrected chi connectivity index (χ0v) is 28.7. The number of fused-ring (bicyclic) bond motifs is 1. The number of hydrogen-bond donors (Lipinski definition) is 4. The van der Waals surface area contributed by atoms with Gasteiger partial charge in [0.2, 0.25) is 0 Å². The van der Waals surface area contributed by atoms with E-state index in [0.29, 0.717) is 60.2 Å². The molecule has 0 atom stereocenters. The molecule has 4 aromatic carbocycles. The molecule has 1 fully saturated rings. The van der Waals surface area contributed by atoms with Crippen molar-refractivity contribution in [3.05, 3.63) is 118 Å². The third-order valence-corrected chi connectivity index (χ3v) is 9.06. The van der Waals surface area contributed by atoms with Gasteiger partial charge in [-0.2, -0.15) is 0 Å². The van der Waals surface area contributed by atoms with Crippen molar-refractivity contribution in [2.45, 2.75) is 57.3 Å². The van der Waals surface area contributed by atoms with Gasteiger partial charge in [0.05, 0.1) is 23.9 Å². The highest BCUT2D eigenvalue weighted by Gasteiger charge is 2.36. The Morgan fingerprint density at radius 1 is 0.981 bits per heavy atom. The zero-order valence-electron chi connectivity index (χ0n) is 28.7. The van der Waals surface area contributed by atoms with Crippen LogP contribution in [0, 0.1) is 0 Å². The summed E-state index contributed by atoms with van der Waals surface area (Å²) in [6, 6.07) is 26.0. The summed E-state index contributed by atoms with van der Waals surface area (Å²) in [5.74, 6) is -0.169. The first-order chi connectivity index (χ1) is 25.3. The fourth-order valence-electron chi connectivity index (χ4n) is 6.48. The van der Waals surface area contributed by atoms with E-state index < -0.39 is 23.7 Å². The van der Waals surface area contributed by atoms with E-state index >= 15 is 0 Å². The van der Waals surface area contributed by atoms with E-state index in [-0.39, 0.29) is 6.54 Å². The molecule has 268 valence electrons. The Labute approximate surface area is 300 Å². The summed E-state index contributed by atoms with van der Waals surface area (Å²) in [6.07, 6.45) is 7.44. The van der Waals surface area contributed by atoms with E-state index in [1.807, 2.05) is 84.9 Å². The number of aldehydes is 1. The van der Waals surface area contributed by atoms with E-state index in [2.05, 4.69) is 16.0 Å². The van der Waals surface area contributed by atoms with Crippen LogP contribution in [-0.4, -0.2) is 41.0 Å². The fourth-order valence-corrected chi connectivity index (χ4v) is 6.48. The van der Waals surface area contributed by atoms with Gasteiger partial charge < -0.3 is 29.6 Å². The van der Waals surface area contributed by atoms with Crippen molar-refractivity contribution in [2.75, 3.05) is 17.7 Å². The minimum atomic E-state index is -1.09. The monoisotopic (exact) mass is 704 g/mol. The number of aryl methyl sites for hydroxylation is 1. The number of carbonyl (C=O) groups is 3. The van der Waals surface area contributed by atoms with Gasteiger partial charge in [0.1, 0.15) is 5.75 Å². The van der Waals surface area contributed by atoms with Gasteiger partial charge in [-0.3, -0.25) is 14.7 Å². The fraction of sp³-hybridized carbons (Fsp3) is 0.250. The molecule has 0 saturated heterocycles. The van der Waals surface area contributed by atoms with Gasteiger partial charge >= 0.3 is 17.9 Å². The van der Waals surface area contributed by atoms with Crippen molar-refractivity contribution in [3.8, 4) is 16.9 Å². The molecule has 0 spiro atoms. The SMILES string of the molecule is COc1cc2c(cc1C=O)oc(=O)n2CC/C=C/c1ccc(-c2ccccc2)c(NC(=O)OC2(Nc3ccc(CNC(=O)O)cc3)CCCCC2)c1. The lowest BCUT2D eigenvalue weighted by atomic mass is 9.91. The highest BCUT2D eigenvalue weighted by molar-refractivity contribution is 5.93. The molecule has 1 aliphatic rings. The van der Waals surface area contributed by atoms with Gasteiger partial charge in [-0.1, -0.05) is 73.2 Å². The standard InChI is InChI=1S/C40H40N4O8/c1-50-35-24-34-36(23-30(35)26-45)51-39(49)44(34)21-9-6-10-27-15-18-32(29-11-4-2-5-12-29)33(22-27)42-38(48)52-40(19-7-3-8-20-40)43-31-16-13-28(14-17-31)25-41-37(46)47/h2,4-6,10-18,22-24,26,41,43H,3,7-9,19-21,25H2,1H3,(H,42,48)(H,46,47)/b10-6+. The molecule has 1 saturated carbocycles. The molecular formula is C40H40N4O8. The van der Waals surface area contributed by atoms with Crippen LogP contribution >= 0.6 is 0 Å². The summed E-state index contributed by atoms with van der Waals surface area (Å²) in [5.41, 5.74) is 4.97. The summed E-state index contributed by atoms with van der Waals surface area (Å²) in [7, 11) is 1.46. The Morgan fingerprint density at radius 3 is 2.46 bits per heavy atom. The van der Waals surface area contributed by atoms with Crippen LogP contribution in [0.15, 0.2) is 100 Å². The first-order valence-electron chi connectivity index (χ1n) is 17.1. The molecule has 1 aromatic heterocycles. The van der Waals surface area contributed by atoms with Crippen molar-refractivity contribution in [3.63, 3.8) is 0 Å². The average molecular weight is 705 g/mol. The molecule has 12 nitrogen and oxygen atoms in total. The molecule has 4 N–H and O–H groups in total. The van der Waals surface area contributed by atoms with Crippen LogP contribution in [0.25, 0.3) is 28.3 Å². The number of nitrogens with zero attached hydrogens (tertiary/aromatic N) is 1. The van der Waals surface area contributed by atoms with Gasteiger partial charge in [0, 0.05) is 43.2 Å². The van der Waals surface area contributed by atoms with E-state index in [1.165, 1.54) is 17.7 Å². The normalized spacial score (nSPS) is 13.8. The average Bonchev–Trinajstić information content (AvgIpc) is 3.46. The second-order valence-electron chi connectivity index (χ2n) is 12.6. The minimum Gasteiger partial charge on any atom is -0.496 e. The predicted octanol–water partition coefficient (Wildman–Crippen LogP) is 8.27. The number of hydrogen-bond acceptors (Lipinski definition) is 8. The number of methoxy groups -OCH3 is 1. The third-order valence-electron chi connectivity index (χ3n) is 9.06. The van der Waals surface area contributed by atoms with E-state index in [0.717, 1.165) is 47.2 Å². The second kappa shape index (κ2) is 16.2. The van der Waals surface area contributed by atoms with Crippen LogP contribution in [0.1, 0.15) is 60.0 Å². The molecule has 0 aliphatic heterocycles. The van der Waals surface area contributed by atoms with Crippen molar-refractivity contribution in [1.29, 1.82) is 0 Å². The topological polar surface area (TPSA) is 161 Å². The van der Waals surface area contributed by atoms with Crippen LogP contribution in [-0.2, 0) is 17.8 Å². The minimum absolute atomic E-state index is 0.193. The summed E-state index contributed by atoms with van der Waals surface area (Å²) in [6.45, 7) is 0.529. The second-order valence-corrected chi connectivity index (χ2v) is 12.6. The lowest BCUT2D eigenvalue weighted by molar-refractivity contribution is 0.0132. The number of aromatic nitrogens is 1. The van der Waals surface area contributed by atoms with Crippen LogP contribution in [0.2, 0.25) is 0 Å². The van der Waals surface area contributed by atoms with Crippen molar-refractivity contribution < 1.29 is 33.4 Å². The van der Waals surface area contributed by atoms with Gasteiger partial charge in [-0.05, 0) is 60.2 Å². The summed E-state index contributed by atoms with van der Waals surface area (Å²) in [4.78, 5) is 48.6. The highest BCUT2D eigenvalue weighted by Crippen LogP contribution is 2.35. The number of allylic oxidation sites excluding steroid dienone is 1. The lowest BCUT2D eigenvalue weighted by Gasteiger charge is -2.38. The van der Waals surface area contributed by atoms with Gasteiger partial charge in [-0.15, -0.1) is 0 Å². The Morgan fingerprint density at radius 2 is 1.75 bits per heavy atom. The quantitative estimate of drug-likeness (QED) is 0.0698. The van der Waals surface area contributed by atoms with Crippen LogP contribution in [0.3, 0.4) is 0 Å². The largest absolute Gasteiger partial charge is 0.496 e. The number of anilines is 2. The smallest absolute Gasteiger partial charge is 0.419 e. The first-order valence-corrected chi connectivity index (χ1v) is 17.1. The van der Waals surface area contributed by atoms with E-state index in [1.54, 1.807) is 6.07 Å². The highest BCUT2D eigenvalue weighted by atomic mass is 16.6. The number of nitrogens with one attached hydrogen (secondary N) is 3. The van der Waals surface area contributed by atoms with Crippen molar-refractivity contribution >= 4 is 47.0 Å². The number of carboxylic acid groups (broad SMARTS) is 1. The Bertz CT molecular complexity index is 2130. The number of rotatable bonds is 13. The van der Waals surface area contributed by atoms with Gasteiger partial charge in [0.15, 0.2) is 17.6 Å². The zero-order chi connectivity index (χ0) is 36.5. The molecule has 12 heteroatoms. The van der Waals surface area contributed by atoms with Gasteiger partial charge in [-0.25, -0.2) is 14.4 Å². The number of oxazole rings is 1. The van der Waals surface area contributed by atoms with Crippen molar-refractivity contribution in [1.82, 2.24) is 9.88 Å². The summed E-state index contributed by atoms with van der Waals surface area (Å²) < 4.78 is 18.4. The summed E-state index contributed by atoms with van der Waals surface area (Å²) >= 11 is 0. The predicted molar refractivity (Wildman–Crippen MR) is 199 cm³/mol. The molecule has 1 aliphatic carbocycles. The van der Waals surface area contributed by atoms with E-state index in [9.17, 15) is 19.2 Å². The number of benzene rings is 4. The molecular weight excluding hydrogens is 664 g/mol. The lowest BCUT2D eigenvalue weighted by Crippen LogP contribution is -2.45. The molecule has 0 unspecified atom stereocenters. The molecule has 2 amide bonds. The number of amides is 2. The molecule has 1 heterocycles.